The minimum atomic E-state index is 0.429. The Bertz CT molecular complexity index is 304. The Morgan fingerprint density at radius 1 is 1.27 bits per heavy atom. The third kappa shape index (κ3) is 3.20. The minimum Gasteiger partial charge on any atom is -0.328 e. The Morgan fingerprint density at radius 2 is 1.93 bits per heavy atom. The zero-order valence-electron chi connectivity index (χ0n) is 8.75. The van der Waals surface area contributed by atoms with Crippen LogP contribution in [0.4, 0.5) is 0 Å². The van der Waals surface area contributed by atoms with Crippen molar-refractivity contribution in [2.45, 2.75) is 31.3 Å². The van der Waals surface area contributed by atoms with Gasteiger partial charge in [0.1, 0.15) is 0 Å². The van der Waals surface area contributed by atoms with E-state index in [1.807, 2.05) is 12.1 Å². The van der Waals surface area contributed by atoms with Gasteiger partial charge in [-0.3, -0.25) is 0 Å². The van der Waals surface area contributed by atoms with Gasteiger partial charge in [0.2, 0.25) is 0 Å². The van der Waals surface area contributed by atoms with Crippen LogP contribution in [0.25, 0.3) is 0 Å². The van der Waals surface area contributed by atoms with Crippen molar-refractivity contribution in [2.75, 3.05) is 6.54 Å². The lowest BCUT2D eigenvalue weighted by Crippen LogP contribution is -2.48. The molecule has 0 unspecified atom stereocenters. The maximum atomic E-state index is 5.81. The molecule has 1 fully saturated rings. The second-order valence-electron chi connectivity index (χ2n) is 4.26. The van der Waals surface area contributed by atoms with Crippen LogP contribution in [0.5, 0.6) is 0 Å². The molecule has 0 heterocycles. The van der Waals surface area contributed by atoms with Gasteiger partial charge in [-0.15, -0.1) is 0 Å². The van der Waals surface area contributed by atoms with E-state index in [-0.39, 0.29) is 0 Å². The van der Waals surface area contributed by atoms with Crippen molar-refractivity contribution in [1.82, 2.24) is 5.32 Å². The molecule has 0 aliphatic heterocycles. The molecular formula is C12H17ClN2. The molecule has 82 valence electrons. The quantitative estimate of drug-likeness (QED) is 0.821. The predicted octanol–water partition coefficient (Wildman–Crippen LogP) is 1.96. The van der Waals surface area contributed by atoms with Gasteiger partial charge in [0.25, 0.3) is 0 Å². The summed E-state index contributed by atoms with van der Waals surface area (Å²) in [4.78, 5) is 0. The summed E-state index contributed by atoms with van der Waals surface area (Å²) in [5.74, 6) is 0. The Kier molecular flexibility index (Phi) is 3.62. The van der Waals surface area contributed by atoms with E-state index in [0.717, 1.165) is 30.8 Å². The van der Waals surface area contributed by atoms with E-state index in [1.165, 1.54) is 5.56 Å². The van der Waals surface area contributed by atoms with E-state index in [2.05, 4.69) is 17.4 Å². The maximum absolute atomic E-state index is 5.81. The van der Waals surface area contributed by atoms with Crippen LogP contribution in [0.15, 0.2) is 24.3 Å². The third-order valence-corrected chi connectivity index (χ3v) is 3.19. The largest absolute Gasteiger partial charge is 0.328 e. The normalized spacial score (nSPS) is 24.9. The van der Waals surface area contributed by atoms with E-state index in [0.29, 0.717) is 12.1 Å². The maximum Gasteiger partial charge on any atom is 0.0406 e. The van der Waals surface area contributed by atoms with Gasteiger partial charge in [0.15, 0.2) is 0 Å². The number of nitrogens with two attached hydrogens (primary N) is 1. The van der Waals surface area contributed by atoms with Crippen molar-refractivity contribution < 1.29 is 0 Å². The Hall–Kier alpha value is -0.570. The lowest BCUT2D eigenvalue weighted by atomic mass is 9.87. The summed E-state index contributed by atoms with van der Waals surface area (Å²) in [6.07, 6.45) is 3.31. The summed E-state index contributed by atoms with van der Waals surface area (Å²) < 4.78 is 0. The van der Waals surface area contributed by atoms with Gasteiger partial charge in [-0.05, 0) is 43.5 Å². The van der Waals surface area contributed by atoms with Crippen molar-refractivity contribution in [3.8, 4) is 0 Å². The number of halogens is 1. The van der Waals surface area contributed by atoms with Crippen molar-refractivity contribution >= 4 is 11.6 Å². The van der Waals surface area contributed by atoms with Crippen LogP contribution >= 0.6 is 11.6 Å². The number of nitrogens with one attached hydrogen (secondary N) is 1. The second kappa shape index (κ2) is 4.97. The van der Waals surface area contributed by atoms with E-state index in [4.69, 9.17) is 17.3 Å². The SMILES string of the molecule is NC1CC(NCCc2ccc(Cl)cc2)C1. The molecule has 1 aromatic rings. The van der Waals surface area contributed by atoms with Crippen LogP contribution in [0, 0.1) is 0 Å². The molecule has 15 heavy (non-hydrogen) atoms. The van der Waals surface area contributed by atoms with Gasteiger partial charge in [-0.1, -0.05) is 23.7 Å². The predicted molar refractivity (Wildman–Crippen MR) is 64.2 cm³/mol. The van der Waals surface area contributed by atoms with Crippen molar-refractivity contribution in [3.63, 3.8) is 0 Å². The van der Waals surface area contributed by atoms with Crippen LogP contribution in [-0.4, -0.2) is 18.6 Å². The molecule has 3 N–H and O–H groups in total. The summed E-state index contributed by atoms with van der Waals surface area (Å²) in [6, 6.07) is 9.12. The fraction of sp³-hybridized carbons (Fsp3) is 0.500. The van der Waals surface area contributed by atoms with Gasteiger partial charge in [0, 0.05) is 17.1 Å². The zero-order chi connectivity index (χ0) is 10.7. The summed E-state index contributed by atoms with van der Waals surface area (Å²) in [5.41, 5.74) is 7.04. The van der Waals surface area contributed by atoms with Crippen LogP contribution in [0.2, 0.25) is 5.02 Å². The first-order valence-corrected chi connectivity index (χ1v) is 5.85. The van der Waals surface area contributed by atoms with Crippen LogP contribution in [0.3, 0.4) is 0 Å². The molecule has 0 bridgehead atoms. The van der Waals surface area contributed by atoms with Crippen LogP contribution < -0.4 is 11.1 Å². The molecule has 0 aromatic heterocycles. The first-order valence-electron chi connectivity index (χ1n) is 5.47. The molecule has 3 heteroatoms. The summed E-state index contributed by atoms with van der Waals surface area (Å²) >= 11 is 5.81. The summed E-state index contributed by atoms with van der Waals surface area (Å²) in [7, 11) is 0. The molecule has 1 aliphatic carbocycles. The van der Waals surface area contributed by atoms with Gasteiger partial charge in [0.05, 0.1) is 0 Å². The highest BCUT2D eigenvalue weighted by molar-refractivity contribution is 6.30. The molecule has 0 radical (unpaired) electrons. The average Bonchev–Trinajstić information content (AvgIpc) is 2.18. The molecule has 0 amide bonds. The second-order valence-corrected chi connectivity index (χ2v) is 4.70. The Balaban J connectivity index is 1.67. The fourth-order valence-corrected chi connectivity index (χ4v) is 2.03. The molecule has 0 spiro atoms. The van der Waals surface area contributed by atoms with Crippen molar-refractivity contribution in [1.29, 1.82) is 0 Å². The fourth-order valence-electron chi connectivity index (χ4n) is 1.90. The van der Waals surface area contributed by atoms with E-state index >= 15 is 0 Å². The standard InChI is InChI=1S/C12H17ClN2/c13-10-3-1-9(2-4-10)5-6-15-12-7-11(14)8-12/h1-4,11-12,15H,5-8,14H2. The lowest BCUT2D eigenvalue weighted by molar-refractivity contribution is 0.294. The number of hydrogen-bond acceptors (Lipinski definition) is 2. The van der Waals surface area contributed by atoms with Crippen LogP contribution in [-0.2, 0) is 6.42 Å². The van der Waals surface area contributed by atoms with Gasteiger partial charge in [-0.2, -0.15) is 0 Å². The Morgan fingerprint density at radius 3 is 2.53 bits per heavy atom. The molecule has 2 nitrogen and oxygen atoms in total. The monoisotopic (exact) mass is 224 g/mol. The highest BCUT2D eigenvalue weighted by Gasteiger charge is 2.24. The average molecular weight is 225 g/mol. The third-order valence-electron chi connectivity index (χ3n) is 2.93. The molecular weight excluding hydrogens is 208 g/mol. The number of hydrogen-bond donors (Lipinski definition) is 2. The first-order chi connectivity index (χ1) is 7.24. The minimum absolute atomic E-state index is 0.429. The van der Waals surface area contributed by atoms with Gasteiger partial charge in [-0.25, -0.2) is 0 Å². The Labute approximate surface area is 95.8 Å². The summed E-state index contributed by atoms with van der Waals surface area (Å²) in [6.45, 7) is 1.03. The van der Waals surface area contributed by atoms with E-state index < -0.39 is 0 Å². The lowest BCUT2D eigenvalue weighted by Gasteiger charge is -2.33. The van der Waals surface area contributed by atoms with Gasteiger partial charge < -0.3 is 11.1 Å². The van der Waals surface area contributed by atoms with E-state index in [9.17, 15) is 0 Å². The highest BCUT2D eigenvalue weighted by atomic mass is 35.5. The van der Waals surface area contributed by atoms with E-state index in [1.54, 1.807) is 0 Å². The first kappa shape index (κ1) is 10.9. The van der Waals surface area contributed by atoms with Crippen molar-refractivity contribution in [3.05, 3.63) is 34.9 Å². The number of benzene rings is 1. The zero-order valence-corrected chi connectivity index (χ0v) is 9.50. The molecule has 1 saturated carbocycles. The number of rotatable bonds is 4. The smallest absolute Gasteiger partial charge is 0.0406 e. The molecule has 0 atom stereocenters. The molecule has 2 rings (SSSR count). The molecule has 1 aromatic carbocycles. The summed E-state index contributed by atoms with van der Waals surface area (Å²) in [5, 5.41) is 4.30. The molecule has 0 saturated heterocycles. The molecule has 1 aliphatic rings. The van der Waals surface area contributed by atoms with Crippen LogP contribution in [0.1, 0.15) is 18.4 Å². The van der Waals surface area contributed by atoms with Crippen molar-refractivity contribution in [2.24, 2.45) is 5.73 Å². The van der Waals surface area contributed by atoms with Gasteiger partial charge >= 0.3 is 0 Å². The highest BCUT2D eigenvalue weighted by Crippen LogP contribution is 2.17. The topological polar surface area (TPSA) is 38.0 Å².